The summed E-state index contributed by atoms with van der Waals surface area (Å²) in [6.07, 6.45) is 0.949. The lowest BCUT2D eigenvalue weighted by molar-refractivity contribution is -0.122. The van der Waals surface area contributed by atoms with Crippen LogP contribution >= 0.6 is 27.3 Å². The van der Waals surface area contributed by atoms with Gasteiger partial charge in [-0.2, -0.15) is 0 Å². The van der Waals surface area contributed by atoms with Crippen LogP contribution in [-0.2, 0) is 4.79 Å². The Balaban J connectivity index is 1.78. The number of hydrogen-bond acceptors (Lipinski definition) is 4. The summed E-state index contributed by atoms with van der Waals surface area (Å²) in [5, 5.41) is 2.88. The molecule has 2 amide bonds. The van der Waals surface area contributed by atoms with Crippen LogP contribution in [0.2, 0.25) is 0 Å². The highest BCUT2D eigenvalue weighted by Crippen LogP contribution is 2.23. The van der Waals surface area contributed by atoms with Crippen molar-refractivity contribution in [3.05, 3.63) is 20.8 Å². The third-order valence-electron chi connectivity index (χ3n) is 3.38. The summed E-state index contributed by atoms with van der Waals surface area (Å²) in [7, 11) is 0. The minimum atomic E-state index is 0.0683. The van der Waals surface area contributed by atoms with Crippen molar-refractivity contribution in [1.82, 2.24) is 15.1 Å². The number of thiophene rings is 1. The zero-order valence-corrected chi connectivity index (χ0v) is 14.5. The van der Waals surface area contributed by atoms with E-state index in [4.69, 9.17) is 0 Å². The fourth-order valence-corrected chi connectivity index (χ4v) is 3.57. The van der Waals surface area contributed by atoms with E-state index >= 15 is 0 Å². The molecule has 5 nitrogen and oxygen atoms in total. The van der Waals surface area contributed by atoms with E-state index in [-0.39, 0.29) is 11.8 Å². The Morgan fingerprint density at radius 2 is 2.00 bits per heavy atom. The number of rotatable bonds is 5. The normalized spacial score (nSPS) is 16.0. The predicted molar refractivity (Wildman–Crippen MR) is 87.7 cm³/mol. The predicted octanol–water partition coefficient (Wildman–Crippen LogP) is 1.79. The molecule has 0 aromatic carbocycles. The average molecular weight is 374 g/mol. The van der Waals surface area contributed by atoms with E-state index in [9.17, 15) is 9.59 Å². The number of carbonyl (C=O) groups excluding carboxylic acids is 2. The number of halogens is 1. The van der Waals surface area contributed by atoms with Gasteiger partial charge in [-0.05, 0) is 34.5 Å². The number of nitrogens with one attached hydrogen (secondary N) is 1. The van der Waals surface area contributed by atoms with Gasteiger partial charge in [-0.15, -0.1) is 11.3 Å². The van der Waals surface area contributed by atoms with Gasteiger partial charge in [-0.3, -0.25) is 14.5 Å². The summed E-state index contributed by atoms with van der Waals surface area (Å²) in [6.45, 7) is 6.03. The molecule has 0 atom stereocenters. The molecule has 0 spiro atoms. The van der Waals surface area contributed by atoms with Gasteiger partial charge < -0.3 is 10.2 Å². The summed E-state index contributed by atoms with van der Waals surface area (Å²) >= 11 is 4.83. The number of carbonyl (C=O) groups is 2. The van der Waals surface area contributed by atoms with E-state index in [0.29, 0.717) is 19.6 Å². The fourth-order valence-electron chi connectivity index (χ4n) is 2.22. The Labute approximate surface area is 137 Å². The number of piperazine rings is 1. The molecule has 0 saturated carbocycles. The quantitative estimate of drug-likeness (QED) is 0.855. The molecule has 0 radical (unpaired) electrons. The van der Waals surface area contributed by atoms with Gasteiger partial charge in [0.15, 0.2) is 0 Å². The van der Waals surface area contributed by atoms with Gasteiger partial charge in [0, 0.05) is 32.7 Å². The average Bonchev–Trinajstić information content (AvgIpc) is 2.92. The molecule has 2 heterocycles. The summed E-state index contributed by atoms with van der Waals surface area (Å²) in [4.78, 5) is 28.7. The van der Waals surface area contributed by atoms with Crippen LogP contribution in [0.3, 0.4) is 0 Å². The molecule has 1 aromatic heterocycles. The molecule has 116 valence electrons. The first kappa shape index (κ1) is 16.5. The van der Waals surface area contributed by atoms with Crippen LogP contribution in [0.1, 0.15) is 23.0 Å². The summed E-state index contributed by atoms with van der Waals surface area (Å²) in [5.74, 6) is 0.152. The Kier molecular flexibility index (Phi) is 6.20. The number of nitrogens with zero attached hydrogens (tertiary/aromatic N) is 2. The van der Waals surface area contributed by atoms with Gasteiger partial charge in [-0.25, -0.2) is 0 Å². The summed E-state index contributed by atoms with van der Waals surface area (Å²) in [6, 6.07) is 3.74. The molecule has 1 saturated heterocycles. The molecule has 0 bridgehead atoms. The third-order valence-corrected chi connectivity index (χ3v) is 4.99. The molecule has 1 aliphatic heterocycles. The maximum Gasteiger partial charge on any atom is 0.264 e. The molecule has 1 aliphatic rings. The number of hydrogen-bond donors (Lipinski definition) is 1. The maximum absolute atomic E-state index is 12.3. The molecular weight excluding hydrogens is 354 g/mol. The van der Waals surface area contributed by atoms with Crippen molar-refractivity contribution < 1.29 is 9.59 Å². The molecule has 1 N–H and O–H groups in total. The molecule has 21 heavy (non-hydrogen) atoms. The highest BCUT2D eigenvalue weighted by Gasteiger charge is 2.23. The van der Waals surface area contributed by atoms with Gasteiger partial charge in [0.2, 0.25) is 5.91 Å². The molecule has 7 heteroatoms. The van der Waals surface area contributed by atoms with Crippen molar-refractivity contribution in [1.29, 1.82) is 0 Å². The highest BCUT2D eigenvalue weighted by molar-refractivity contribution is 9.11. The fraction of sp³-hybridized carbons (Fsp3) is 0.571. The smallest absolute Gasteiger partial charge is 0.264 e. The lowest BCUT2D eigenvalue weighted by atomic mass is 10.3. The minimum Gasteiger partial charge on any atom is -0.355 e. The third kappa shape index (κ3) is 4.79. The van der Waals surface area contributed by atoms with Crippen molar-refractivity contribution in [2.24, 2.45) is 0 Å². The van der Waals surface area contributed by atoms with Crippen molar-refractivity contribution >= 4 is 39.1 Å². The monoisotopic (exact) mass is 373 g/mol. The zero-order valence-electron chi connectivity index (χ0n) is 12.1. The largest absolute Gasteiger partial charge is 0.355 e. The van der Waals surface area contributed by atoms with Gasteiger partial charge in [0.1, 0.15) is 0 Å². The van der Waals surface area contributed by atoms with Crippen molar-refractivity contribution in [2.45, 2.75) is 13.3 Å². The van der Waals surface area contributed by atoms with Crippen molar-refractivity contribution in [3.8, 4) is 0 Å². The van der Waals surface area contributed by atoms with E-state index in [1.54, 1.807) is 0 Å². The Morgan fingerprint density at radius 3 is 2.57 bits per heavy atom. The van der Waals surface area contributed by atoms with Crippen molar-refractivity contribution in [2.75, 3.05) is 39.3 Å². The van der Waals surface area contributed by atoms with Crippen LogP contribution in [0.25, 0.3) is 0 Å². The van der Waals surface area contributed by atoms with Crippen LogP contribution < -0.4 is 5.32 Å². The SMILES string of the molecule is CCCNC(=O)CN1CCN(C(=O)c2ccc(Br)s2)CC1. The van der Waals surface area contributed by atoms with E-state index in [2.05, 4.69) is 26.1 Å². The summed E-state index contributed by atoms with van der Waals surface area (Å²) < 4.78 is 0.970. The van der Waals surface area contributed by atoms with E-state index in [0.717, 1.165) is 34.7 Å². The molecular formula is C14H20BrN3O2S. The number of amides is 2. The maximum atomic E-state index is 12.3. The zero-order chi connectivity index (χ0) is 15.2. The lowest BCUT2D eigenvalue weighted by Gasteiger charge is -2.34. The first-order chi connectivity index (χ1) is 10.1. The Morgan fingerprint density at radius 1 is 1.29 bits per heavy atom. The van der Waals surface area contributed by atoms with E-state index in [1.165, 1.54) is 11.3 Å². The van der Waals surface area contributed by atoms with Gasteiger partial charge in [-0.1, -0.05) is 6.92 Å². The molecule has 1 fully saturated rings. The topological polar surface area (TPSA) is 52.7 Å². The second kappa shape index (κ2) is 7.91. The van der Waals surface area contributed by atoms with E-state index < -0.39 is 0 Å². The second-order valence-electron chi connectivity index (χ2n) is 5.02. The minimum absolute atomic E-state index is 0.0683. The van der Waals surface area contributed by atoms with E-state index in [1.807, 2.05) is 24.0 Å². The van der Waals surface area contributed by atoms with Crippen LogP contribution in [0, 0.1) is 0 Å². The molecule has 2 rings (SSSR count). The van der Waals surface area contributed by atoms with Gasteiger partial charge in [0.05, 0.1) is 15.2 Å². The van der Waals surface area contributed by atoms with Gasteiger partial charge >= 0.3 is 0 Å². The van der Waals surface area contributed by atoms with Crippen LogP contribution in [-0.4, -0.2) is 60.9 Å². The Hall–Kier alpha value is -0.920. The lowest BCUT2D eigenvalue weighted by Crippen LogP contribution is -2.51. The van der Waals surface area contributed by atoms with Crippen LogP contribution in [0.4, 0.5) is 0 Å². The standard InChI is InChI=1S/C14H20BrN3O2S/c1-2-5-16-13(19)10-17-6-8-18(9-7-17)14(20)11-3-4-12(15)21-11/h3-4H,2,5-10H2,1H3,(H,16,19). The first-order valence-electron chi connectivity index (χ1n) is 7.14. The highest BCUT2D eigenvalue weighted by atomic mass is 79.9. The first-order valence-corrected chi connectivity index (χ1v) is 8.74. The summed E-state index contributed by atoms with van der Waals surface area (Å²) in [5.41, 5.74) is 0. The van der Waals surface area contributed by atoms with Crippen LogP contribution in [0.15, 0.2) is 15.9 Å². The second-order valence-corrected chi connectivity index (χ2v) is 7.49. The Bertz CT molecular complexity index is 498. The van der Waals surface area contributed by atoms with Crippen molar-refractivity contribution in [3.63, 3.8) is 0 Å². The van der Waals surface area contributed by atoms with Gasteiger partial charge in [0.25, 0.3) is 5.91 Å². The molecule has 0 unspecified atom stereocenters. The molecule has 0 aliphatic carbocycles. The van der Waals surface area contributed by atoms with Crippen LogP contribution in [0.5, 0.6) is 0 Å². The molecule has 1 aromatic rings.